The minimum Gasteiger partial charge on any atom is -0.463 e. The third kappa shape index (κ3) is 5.60. The summed E-state index contributed by atoms with van der Waals surface area (Å²) in [6.45, 7) is 13.1. The van der Waals surface area contributed by atoms with Crippen LogP contribution >= 0.6 is 0 Å². The largest absolute Gasteiger partial charge is 0.463 e. The van der Waals surface area contributed by atoms with E-state index in [1.165, 1.54) is 22.3 Å². The number of aromatic nitrogens is 2. The molecule has 38 heavy (non-hydrogen) atoms. The van der Waals surface area contributed by atoms with E-state index >= 15 is 0 Å². The van der Waals surface area contributed by atoms with Gasteiger partial charge in [-0.2, -0.15) is 0 Å². The van der Waals surface area contributed by atoms with Gasteiger partial charge in [0.1, 0.15) is 0 Å². The molecule has 0 spiro atoms. The van der Waals surface area contributed by atoms with Crippen molar-refractivity contribution in [3.8, 4) is 16.9 Å². The van der Waals surface area contributed by atoms with Gasteiger partial charge in [-0.15, -0.1) is 0 Å². The number of fused-ring (bicyclic) bond motifs is 1. The van der Waals surface area contributed by atoms with Crippen LogP contribution in [-0.4, -0.2) is 22.1 Å². The number of aryl methyl sites for hydroxylation is 2. The van der Waals surface area contributed by atoms with Crippen molar-refractivity contribution < 1.29 is 9.53 Å². The van der Waals surface area contributed by atoms with Gasteiger partial charge in [0.15, 0.2) is 0 Å². The highest BCUT2D eigenvalue weighted by molar-refractivity contribution is 5.99. The standard InChI is InChI=1S/C34H40N2O2/c1-7-12-27(34(37)38-10-4)19-28-22-36(29-17-15-26(16-18-29)23(5)6)32-21-35-31(20-30(28)32)33-24(8-2)13-11-14-25(33)9-3/h11,13-23H,7-10,12H2,1-6H3. The van der Waals surface area contributed by atoms with Crippen LogP contribution in [0, 0.1) is 0 Å². The molecule has 0 aliphatic heterocycles. The highest BCUT2D eigenvalue weighted by atomic mass is 16.5. The summed E-state index contributed by atoms with van der Waals surface area (Å²) in [4.78, 5) is 17.8. The summed E-state index contributed by atoms with van der Waals surface area (Å²) in [5.41, 5.74) is 9.90. The lowest BCUT2D eigenvalue weighted by Gasteiger charge is -2.13. The smallest absolute Gasteiger partial charge is 0.334 e. The first-order chi connectivity index (χ1) is 18.4. The fraction of sp³-hybridized carbons (Fsp3) is 0.353. The molecule has 2 aromatic carbocycles. The van der Waals surface area contributed by atoms with Gasteiger partial charge in [0, 0.05) is 34.0 Å². The Morgan fingerprint density at radius 2 is 1.68 bits per heavy atom. The average molecular weight is 509 g/mol. The number of hydrogen-bond donors (Lipinski definition) is 0. The van der Waals surface area contributed by atoms with Gasteiger partial charge in [0.2, 0.25) is 0 Å². The van der Waals surface area contributed by atoms with Crippen molar-refractivity contribution in [1.29, 1.82) is 0 Å². The number of pyridine rings is 1. The maximum atomic E-state index is 12.8. The van der Waals surface area contributed by atoms with Gasteiger partial charge in [-0.05, 0) is 73.1 Å². The Balaban J connectivity index is 1.96. The van der Waals surface area contributed by atoms with Crippen molar-refractivity contribution in [3.05, 3.63) is 88.8 Å². The summed E-state index contributed by atoms with van der Waals surface area (Å²) < 4.78 is 7.58. The molecule has 4 aromatic rings. The number of ether oxygens (including phenoxy) is 1. The molecular weight excluding hydrogens is 468 g/mol. The molecule has 0 aliphatic rings. The summed E-state index contributed by atoms with van der Waals surface area (Å²) in [5, 5.41) is 1.08. The normalized spacial score (nSPS) is 11.9. The highest BCUT2D eigenvalue weighted by Gasteiger charge is 2.17. The van der Waals surface area contributed by atoms with E-state index in [1.807, 2.05) is 19.2 Å². The molecule has 0 amide bonds. The second kappa shape index (κ2) is 12.3. The quantitative estimate of drug-likeness (QED) is 0.159. The Morgan fingerprint density at radius 3 is 2.26 bits per heavy atom. The molecule has 0 unspecified atom stereocenters. The predicted octanol–water partition coefficient (Wildman–Crippen LogP) is 8.69. The van der Waals surface area contributed by atoms with Gasteiger partial charge >= 0.3 is 5.97 Å². The van der Waals surface area contributed by atoms with E-state index in [2.05, 4.69) is 93.9 Å². The topological polar surface area (TPSA) is 44.1 Å². The Bertz CT molecular complexity index is 1420. The van der Waals surface area contributed by atoms with Gasteiger partial charge in [-0.25, -0.2) is 4.79 Å². The monoisotopic (exact) mass is 508 g/mol. The number of carbonyl (C=O) groups excluding carboxylic acids is 1. The van der Waals surface area contributed by atoms with Crippen molar-refractivity contribution in [2.45, 2.75) is 73.1 Å². The van der Waals surface area contributed by atoms with Gasteiger partial charge in [-0.1, -0.05) is 71.4 Å². The summed E-state index contributed by atoms with van der Waals surface area (Å²) in [7, 11) is 0. The SMILES string of the molecule is CCCC(=Cc1cn(-c2ccc(C(C)C)cc2)c2cnc(-c3c(CC)cccc3CC)cc12)C(=O)OCC. The van der Waals surface area contributed by atoms with Crippen LogP contribution in [0.3, 0.4) is 0 Å². The minimum atomic E-state index is -0.240. The van der Waals surface area contributed by atoms with Crippen molar-refractivity contribution in [2.24, 2.45) is 0 Å². The molecule has 0 aliphatic carbocycles. The van der Waals surface area contributed by atoms with Crippen LogP contribution in [-0.2, 0) is 22.4 Å². The van der Waals surface area contributed by atoms with Crippen LogP contribution in [0.1, 0.15) is 82.6 Å². The lowest BCUT2D eigenvalue weighted by Crippen LogP contribution is -2.07. The molecule has 0 bridgehead atoms. The molecule has 0 N–H and O–H groups in total. The van der Waals surface area contributed by atoms with Crippen LogP contribution in [0.15, 0.2) is 66.5 Å². The molecule has 4 rings (SSSR count). The molecule has 0 saturated carbocycles. The molecule has 0 fully saturated rings. The molecule has 4 nitrogen and oxygen atoms in total. The summed E-state index contributed by atoms with van der Waals surface area (Å²) in [6, 6.07) is 17.4. The fourth-order valence-corrected chi connectivity index (χ4v) is 5.12. The molecule has 0 atom stereocenters. The second-order valence-corrected chi connectivity index (χ2v) is 10.1. The van der Waals surface area contributed by atoms with Crippen LogP contribution in [0.25, 0.3) is 33.9 Å². The summed E-state index contributed by atoms with van der Waals surface area (Å²) >= 11 is 0. The van der Waals surface area contributed by atoms with E-state index in [-0.39, 0.29) is 5.97 Å². The molecule has 2 heterocycles. The number of esters is 1. The number of hydrogen-bond acceptors (Lipinski definition) is 3. The van der Waals surface area contributed by atoms with Crippen LogP contribution in [0.5, 0.6) is 0 Å². The van der Waals surface area contributed by atoms with E-state index in [0.717, 1.165) is 47.1 Å². The Morgan fingerprint density at radius 1 is 1.00 bits per heavy atom. The third-order valence-corrected chi connectivity index (χ3v) is 7.20. The molecule has 4 heteroatoms. The Hall–Kier alpha value is -3.66. The second-order valence-electron chi connectivity index (χ2n) is 10.1. The maximum absolute atomic E-state index is 12.8. The highest BCUT2D eigenvalue weighted by Crippen LogP contribution is 2.34. The molecule has 0 saturated heterocycles. The van der Waals surface area contributed by atoms with Crippen LogP contribution in [0.2, 0.25) is 0 Å². The van der Waals surface area contributed by atoms with Gasteiger partial charge in [-0.3, -0.25) is 4.98 Å². The zero-order chi connectivity index (χ0) is 27.2. The molecule has 0 radical (unpaired) electrons. The predicted molar refractivity (Wildman–Crippen MR) is 159 cm³/mol. The fourth-order valence-electron chi connectivity index (χ4n) is 5.12. The number of nitrogens with zero attached hydrogens (tertiary/aromatic N) is 2. The summed E-state index contributed by atoms with van der Waals surface area (Å²) in [6.07, 6.45) is 9.56. The number of benzene rings is 2. The van der Waals surface area contributed by atoms with Gasteiger partial charge < -0.3 is 9.30 Å². The van der Waals surface area contributed by atoms with E-state index in [0.29, 0.717) is 24.5 Å². The van der Waals surface area contributed by atoms with Crippen LogP contribution in [0.4, 0.5) is 0 Å². The Labute approximate surface area is 227 Å². The zero-order valence-electron chi connectivity index (χ0n) is 23.7. The van der Waals surface area contributed by atoms with Gasteiger partial charge in [0.05, 0.1) is 24.0 Å². The molecule has 2 aromatic heterocycles. The van der Waals surface area contributed by atoms with Crippen molar-refractivity contribution in [3.63, 3.8) is 0 Å². The number of carbonyl (C=O) groups is 1. The van der Waals surface area contributed by atoms with Crippen molar-refractivity contribution in [1.82, 2.24) is 9.55 Å². The lowest BCUT2D eigenvalue weighted by molar-refractivity contribution is -0.138. The van der Waals surface area contributed by atoms with E-state index in [1.54, 1.807) is 0 Å². The van der Waals surface area contributed by atoms with E-state index in [4.69, 9.17) is 9.72 Å². The first-order valence-electron chi connectivity index (χ1n) is 14.0. The van der Waals surface area contributed by atoms with Crippen molar-refractivity contribution >= 4 is 22.9 Å². The summed E-state index contributed by atoms with van der Waals surface area (Å²) in [5.74, 6) is 0.233. The van der Waals surface area contributed by atoms with Gasteiger partial charge in [0.25, 0.3) is 0 Å². The molecule has 198 valence electrons. The number of rotatable bonds is 10. The Kier molecular flexibility index (Phi) is 8.83. The maximum Gasteiger partial charge on any atom is 0.334 e. The zero-order valence-corrected chi connectivity index (χ0v) is 23.7. The third-order valence-electron chi connectivity index (χ3n) is 7.20. The minimum absolute atomic E-state index is 0.240. The first kappa shape index (κ1) is 27.4. The van der Waals surface area contributed by atoms with E-state index in [9.17, 15) is 4.79 Å². The lowest BCUT2D eigenvalue weighted by atomic mass is 9.94. The van der Waals surface area contributed by atoms with E-state index < -0.39 is 0 Å². The van der Waals surface area contributed by atoms with Crippen LogP contribution < -0.4 is 0 Å². The average Bonchev–Trinajstić information content (AvgIpc) is 3.29. The first-order valence-corrected chi connectivity index (χ1v) is 14.0. The van der Waals surface area contributed by atoms with Crippen molar-refractivity contribution in [2.75, 3.05) is 6.61 Å². The molecular formula is C34H40N2O2.